The minimum absolute atomic E-state index is 0.158. The van der Waals surface area contributed by atoms with Crippen molar-refractivity contribution in [1.82, 2.24) is 0 Å². The third kappa shape index (κ3) is 68.7. The lowest BCUT2D eigenvalue weighted by Crippen LogP contribution is -2.40. The first-order chi connectivity index (χ1) is 43.6. The van der Waals surface area contributed by atoms with Crippen molar-refractivity contribution < 1.29 is 42.9 Å². The van der Waals surface area contributed by atoms with Gasteiger partial charge >= 0.3 is 17.9 Å². The molecular weight excluding hydrogens is 1100 g/mol. The molecule has 9 heteroatoms. The second-order valence-corrected chi connectivity index (χ2v) is 22.3. The van der Waals surface area contributed by atoms with Gasteiger partial charge in [0.15, 0.2) is 6.10 Å². The summed E-state index contributed by atoms with van der Waals surface area (Å²) < 4.78 is 22.8. The predicted molar refractivity (Wildman–Crippen MR) is 381 cm³/mol. The highest BCUT2D eigenvalue weighted by molar-refractivity contribution is 5.71. The summed E-state index contributed by atoms with van der Waals surface area (Å²) in [6.07, 6.45) is 106. The van der Waals surface area contributed by atoms with Crippen LogP contribution in [0.5, 0.6) is 0 Å². The summed E-state index contributed by atoms with van der Waals surface area (Å²) in [5.74, 6) is -2.15. The van der Waals surface area contributed by atoms with Crippen LogP contribution in [0.1, 0.15) is 194 Å². The van der Waals surface area contributed by atoms with E-state index in [4.69, 9.17) is 18.9 Å². The highest BCUT2D eigenvalue weighted by Crippen LogP contribution is 2.11. The smallest absolute Gasteiger partial charge is 0.361 e. The van der Waals surface area contributed by atoms with Crippen molar-refractivity contribution in [3.05, 3.63) is 231 Å². The maximum Gasteiger partial charge on any atom is 0.361 e. The Balaban J connectivity index is 4.41. The van der Waals surface area contributed by atoms with Crippen molar-refractivity contribution in [2.24, 2.45) is 0 Å². The van der Waals surface area contributed by atoms with E-state index in [1.165, 1.54) is 0 Å². The number of carboxylic acids is 1. The third-order valence-electron chi connectivity index (χ3n) is 12.9. The summed E-state index contributed by atoms with van der Waals surface area (Å²) in [5, 5.41) is 9.73. The molecule has 2 unspecified atom stereocenters. The van der Waals surface area contributed by atoms with Gasteiger partial charge in [0, 0.05) is 12.8 Å². The van der Waals surface area contributed by atoms with Gasteiger partial charge in [-0.1, -0.05) is 251 Å². The van der Waals surface area contributed by atoms with E-state index in [9.17, 15) is 19.5 Å². The van der Waals surface area contributed by atoms with E-state index in [-0.39, 0.29) is 32.7 Å². The fourth-order valence-electron chi connectivity index (χ4n) is 7.85. The van der Waals surface area contributed by atoms with Crippen LogP contribution in [0.3, 0.4) is 0 Å². The fraction of sp³-hybridized carbons (Fsp3) is 0.487. The molecule has 9 nitrogen and oxygen atoms in total. The van der Waals surface area contributed by atoms with Crippen LogP contribution in [0, 0.1) is 0 Å². The zero-order valence-electron chi connectivity index (χ0n) is 56.0. The number of aliphatic carboxylic acids is 1. The van der Waals surface area contributed by atoms with Gasteiger partial charge < -0.3 is 28.5 Å². The number of esters is 2. The Hall–Kier alpha value is -6.65. The Bertz CT molecular complexity index is 2310. The van der Waals surface area contributed by atoms with Crippen LogP contribution in [0.25, 0.3) is 0 Å². The first-order valence-corrected chi connectivity index (χ1v) is 33.5. The Morgan fingerprint density at radius 1 is 0.337 bits per heavy atom. The molecule has 0 aliphatic rings. The van der Waals surface area contributed by atoms with Crippen LogP contribution in [-0.2, 0) is 33.3 Å². The number of nitrogens with zero attached hydrogens (tertiary/aromatic N) is 1. The topological polar surface area (TPSA) is 108 Å². The molecule has 0 aromatic carbocycles. The summed E-state index contributed by atoms with van der Waals surface area (Å²) >= 11 is 0. The zero-order chi connectivity index (χ0) is 64.7. The van der Waals surface area contributed by atoms with Crippen LogP contribution >= 0.6 is 0 Å². The molecule has 492 valence electrons. The number of ether oxygens (including phenoxy) is 4. The molecule has 0 aromatic heterocycles. The monoisotopic (exact) mass is 1220 g/mol. The Morgan fingerprint density at radius 2 is 0.607 bits per heavy atom. The SMILES string of the molecule is CC/C=C\C/C=C\C/C=C\C/C=C\C/C=C\C/C=C\C/C=C\C/C=C\C/C=C\C/C=C\CCCCC(=O)OC(COC(=O)CCCCC/C=C\C/C=C\C/C=C\C/C=C\C/C=C\C/C=C\C/C=C\C/C=C\C/C=C\CC)COC(OCC[N+](C)(C)C)C(=O)O. The molecule has 2 atom stereocenters. The van der Waals surface area contributed by atoms with Gasteiger partial charge in [0.05, 0.1) is 34.4 Å². The Kier molecular flexibility index (Phi) is 62.3. The van der Waals surface area contributed by atoms with E-state index >= 15 is 0 Å². The average molecular weight is 1220 g/mol. The Morgan fingerprint density at radius 3 is 0.899 bits per heavy atom. The lowest BCUT2D eigenvalue weighted by atomic mass is 10.1. The quantitative estimate of drug-likeness (QED) is 0.0211. The molecule has 0 fully saturated rings. The fourth-order valence-corrected chi connectivity index (χ4v) is 7.85. The molecule has 0 aliphatic carbocycles. The second-order valence-electron chi connectivity index (χ2n) is 22.3. The molecule has 0 bridgehead atoms. The van der Waals surface area contributed by atoms with Crippen molar-refractivity contribution in [3.63, 3.8) is 0 Å². The highest BCUT2D eigenvalue weighted by Gasteiger charge is 2.25. The van der Waals surface area contributed by atoms with E-state index < -0.39 is 30.3 Å². The number of unbranched alkanes of at least 4 members (excludes halogenated alkanes) is 5. The average Bonchev–Trinajstić information content (AvgIpc) is 3.64. The van der Waals surface area contributed by atoms with Gasteiger partial charge in [0.1, 0.15) is 13.2 Å². The minimum Gasteiger partial charge on any atom is -0.477 e. The van der Waals surface area contributed by atoms with Crippen molar-refractivity contribution in [2.75, 3.05) is 47.5 Å². The molecule has 0 radical (unpaired) electrons. The summed E-state index contributed by atoms with van der Waals surface area (Å²) in [6.45, 7) is 4.51. The number of hydrogen-bond acceptors (Lipinski definition) is 7. The number of likely N-dealkylation sites (N-methyl/N-ethyl adjacent to an activating group) is 1. The number of carbonyl (C=O) groups is 3. The summed E-state index contributed by atoms with van der Waals surface area (Å²) in [5.41, 5.74) is 0. The van der Waals surface area contributed by atoms with Gasteiger partial charge in [-0.2, -0.15) is 0 Å². The number of rotatable bonds is 58. The molecule has 89 heavy (non-hydrogen) atoms. The molecule has 0 spiro atoms. The van der Waals surface area contributed by atoms with Crippen molar-refractivity contribution >= 4 is 17.9 Å². The van der Waals surface area contributed by atoms with E-state index in [1.807, 2.05) is 21.1 Å². The van der Waals surface area contributed by atoms with Crippen LogP contribution in [0.15, 0.2) is 231 Å². The maximum atomic E-state index is 12.9. The number of allylic oxidation sites excluding steroid dienone is 38. The van der Waals surface area contributed by atoms with Gasteiger partial charge in [-0.15, -0.1) is 0 Å². The zero-order valence-corrected chi connectivity index (χ0v) is 56.0. The molecule has 1 N–H and O–H groups in total. The van der Waals surface area contributed by atoms with Crippen molar-refractivity contribution in [2.45, 2.75) is 206 Å². The first-order valence-electron chi connectivity index (χ1n) is 33.5. The van der Waals surface area contributed by atoms with Crippen LogP contribution in [0.4, 0.5) is 0 Å². The standard InChI is InChI=1S/C80H119NO8/c1-6-8-10-12-14-16-18-20-22-24-26-28-30-32-34-36-38-39-41-43-45-47-49-51-53-55-57-59-61-63-65-67-69-71-78(83)89-76(75-88-80(79(84)85)86-73-72-81(3,4)5)74-87-77(82)70-68-66-64-62-60-58-56-54-52-50-48-46-44-42-40-37-35-33-31-29-27-25-23-21-19-17-15-13-11-9-7-2/h8-11,14-17,20-23,26-29,32-35,38-40,42-43,45-46,48-49,51-52,54-55,57-58,60-61,63,76,80H,6-7,12-13,18-19,24-25,30-31,36-37,41,44,47,50,53,56,59,62,64-75H2,1-5H3/p+1/b10-8-,11-9-,16-14-,17-15-,22-20-,23-21-,28-26-,29-27-,34-32-,35-33-,39-38-,42-40-,45-43-,48-46-,51-49-,54-52-,57-55-,60-58-,63-61-. The van der Waals surface area contributed by atoms with Gasteiger partial charge in [-0.25, -0.2) is 4.79 Å². The van der Waals surface area contributed by atoms with Crippen molar-refractivity contribution in [1.29, 1.82) is 0 Å². The highest BCUT2D eigenvalue weighted by atomic mass is 16.7. The molecule has 0 amide bonds. The summed E-state index contributed by atoms with van der Waals surface area (Å²) in [7, 11) is 5.92. The molecule has 0 aliphatic heterocycles. The van der Waals surface area contributed by atoms with E-state index in [0.717, 1.165) is 154 Å². The van der Waals surface area contributed by atoms with E-state index in [2.05, 4.69) is 245 Å². The van der Waals surface area contributed by atoms with Gasteiger partial charge in [-0.05, 0) is 161 Å². The lowest BCUT2D eigenvalue weighted by Gasteiger charge is -2.25. The van der Waals surface area contributed by atoms with Gasteiger partial charge in [0.2, 0.25) is 0 Å². The Labute approximate surface area is 542 Å². The molecule has 0 saturated carbocycles. The van der Waals surface area contributed by atoms with E-state index in [0.29, 0.717) is 23.9 Å². The van der Waals surface area contributed by atoms with Crippen LogP contribution in [0.2, 0.25) is 0 Å². The molecular formula is C80H120NO8+. The number of quaternary nitrogens is 1. The van der Waals surface area contributed by atoms with Gasteiger partial charge in [0.25, 0.3) is 6.29 Å². The lowest BCUT2D eigenvalue weighted by molar-refractivity contribution is -0.870. The second kappa shape index (κ2) is 67.3. The molecule has 0 aromatic rings. The minimum atomic E-state index is -1.55. The number of carbonyl (C=O) groups excluding carboxylic acids is 2. The first kappa shape index (κ1) is 82.4. The molecule has 0 heterocycles. The number of carboxylic acid groups (broad SMARTS) is 1. The molecule has 0 rings (SSSR count). The molecule has 0 saturated heterocycles. The third-order valence-corrected chi connectivity index (χ3v) is 12.9. The maximum absolute atomic E-state index is 12.9. The number of hydrogen-bond donors (Lipinski definition) is 1. The summed E-state index contributed by atoms with van der Waals surface area (Å²) in [4.78, 5) is 37.6. The van der Waals surface area contributed by atoms with Crippen LogP contribution < -0.4 is 0 Å². The normalized spacial score (nSPS) is 14.2. The van der Waals surface area contributed by atoms with Crippen molar-refractivity contribution in [3.8, 4) is 0 Å². The largest absolute Gasteiger partial charge is 0.477 e. The summed E-state index contributed by atoms with van der Waals surface area (Å²) in [6, 6.07) is 0. The van der Waals surface area contributed by atoms with Crippen LogP contribution in [-0.4, -0.2) is 87.4 Å². The predicted octanol–water partition coefficient (Wildman–Crippen LogP) is 21.1. The van der Waals surface area contributed by atoms with E-state index in [1.54, 1.807) is 0 Å². The van der Waals surface area contributed by atoms with Gasteiger partial charge in [-0.3, -0.25) is 9.59 Å².